The maximum atomic E-state index is 11.8. The fourth-order valence-corrected chi connectivity index (χ4v) is 3.13. The summed E-state index contributed by atoms with van der Waals surface area (Å²) in [6.45, 7) is 1.21. The van der Waals surface area contributed by atoms with Crippen molar-refractivity contribution in [1.29, 1.82) is 5.53 Å². The van der Waals surface area contributed by atoms with Crippen LogP contribution in [0.4, 0.5) is 0 Å². The molecule has 1 amide bonds. The number of amides is 1. The lowest BCUT2D eigenvalue weighted by molar-refractivity contribution is -0.130. The molecule has 1 N–H and O–H groups in total. The number of carbonyl (C=O) groups excluding carboxylic acids is 1. The van der Waals surface area contributed by atoms with Gasteiger partial charge in [0.2, 0.25) is 23.2 Å². The van der Waals surface area contributed by atoms with Crippen molar-refractivity contribution < 1.29 is 9.32 Å². The second kappa shape index (κ2) is 6.59. The lowest BCUT2D eigenvalue weighted by Gasteiger charge is -2.29. The van der Waals surface area contributed by atoms with Crippen LogP contribution in [0.1, 0.15) is 24.7 Å². The maximum absolute atomic E-state index is 11.8. The quantitative estimate of drug-likeness (QED) is 0.687. The van der Waals surface area contributed by atoms with Crippen molar-refractivity contribution in [3.05, 3.63) is 23.4 Å². The van der Waals surface area contributed by atoms with E-state index in [1.165, 1.54) is 0 Å². The Labute approximate surface area is 130 Å². The van der Waals surface area contributed by atoms with Crippen LogP contribution in [0.3, 0.4) is 0 Å². The molecule has 2 aromatic heterocycles. The zero-order valence-electron chi connectivity index (χ0n) is 11.8. The van der Waals surface area contributed by atoms with Crippen LogP contribution >= 0.6 is 11.3 Å². The third-order valence-electron chi connectivity index (χ3n) is 3.66. The summed E-state index contributed by atoms with van der Waals surface area (Å²) >= 11 is 1.58. The summed E-state index contributed by atoms with van der Waals surface area (Å²) in [4.78, 5) is 21.8. The van der Waals surface area contributed by atoms with Gasteiger partial charge in [0, 0.05) is 19.0 Å². The number of aromatic nitrogens is 2. The van der Waals surface area contributed by atoms with Crippen LogP contribution in [-0.4, -0.2) is 40.6 Å². The third kappa shape index (κ3) is 3.10. The first kappa shape index (κ1) is 14.6. The Morgan fingerprint density at radius 3 is 3.05 bits per heavy atom. The summed E-state index contributed by atoms with van der Waals surface area (Å²) in [6, 6.07) is 3.91. The van der Waals surface area contributed by atoms with E-state index in [0.29, 0.717) is 24.8 Å². The van der Waals surface area contributed by atoms with E-state index in [2.05, 4.69) is 20.2 Å². The molecule has 0 spiro atoms. The summed E-state index contributed by atoms with van der Waals surface area (Å²) in [5.74, 6) is 1.35. The molecule has 1 aliphatic rings. The predicted molar refractivity (Wildman–Crippen MR) is 78.3 cm³/mol. The Morgan fingerprint density at radius 2 is 2.36 bits per heavy atom. The number of carbonyl (C=O) groups is 1. The first-order chi connectivity index (χ1) is 10.8. The van der Waals surface area contributed by atoms with Gasteiger partial charge in [-0.05, 0) is 24.3 Å². The van der Waals surface area contributed by atoms with Crippen molar-refractivity contribution in [3.8, 4) is 10.7 Å². The van der Waals surface area contributed by atoms with E-state index in [9.17, 15) is 4.79 Å². The zero-order chi connectivity index (χ0) is 15.4. The molecule has 1 fully saturated rings. The van der Waals surface area contributed by atoms with Crippen molar-refractivity contribution >= 4 is 17.2 Å². The van der Waals surface area contributed by atoms with Crippen LogP contribution in [-0.2, 0) is 4.79 Å². The lowest BCUT2D eigenvalue weighted by atomic mass is 9.97. The predicted octanol–water partition coefficient (Wildman–Crippen LogP) is 2.05. The number of piperidine rings is 1. The van der Waals surface area contributed by atoms with Gasteiger partial charge in [0.1, 0.15) is 10.6 Å². The second-order valence-electron chi connectivity index (χ2n) is 4.99. The van der Waals surface area contributed by atoms with Crippen molar-refractivity contribution in [3.63, 3.8) is 0 Å². The molecule has 9 heteroatoms. The molecule has 0 aliphatic carbocycles. The molecule has 0 radical (unpaired) electrons. The van der Waals surface area contributed by atoms with Crippen LogP contribution in [0.15, 0.2) is 27.2 Å². The van der Waals surface area contributed by atoms with E-state index in [4.69, 9.17) is 10.1 Å². The third-order valence-corrected chi connectivity index (χ3v) is 4.52. The second-order valence-corrected chi connectivity index (χ2v) is 5.94. The maximum Gasteiger partial charge on any atom is 0.251 e. The normalized spacial score (nSPS) is 15.5. The molecule has 0 unspecified atom stereocenters. The average molecular weight is 319 g/mol. The lowest BCUT2D eigenvalue weighted by Crippen LogP contribution is -2.39. The molecule has 3 heterocycles. The van der Waals surface area contributed by atoms with Crippen molar-refractivity contribution in [1.82, 2.24) is 20.0 Å². The number of hydrogen-bond donors (Lipinski definition) is 1. The van der Waals surface area contributed by atoms with Gasteiger partial charge in [0.05, 0.1) is 4.88 Å². The van der Waals surface area contributed by atoms with E-state index in [1.54, 1.807) is 16.2 Å². The molecule has 0 saturated carbocycles. The summed E-state index contributed by atoms with van der Waals surface area (Å²) in [5.41, 5.74) is 6.58. The van der Waals surface area contributed by atoms with Crippen LogP contribution < -0.4 is 4.91 Å². The van der Waals surface area contributed by atoms with Crippen molar-refractivity contribution in [2.45, 2.75) is 18.8 Å². The minimum Gasteiger partial charge on any atom is -0.341 e. The van der Waals surface area contributed by atoms with Gasteiger partial charge >= 0.3 is 0 Å². The summed E-state index contributed by atoms with van der Waals surface area (Å²) in [7, 11) is 0. The highest BCUT2D eigenvalue weighted by Crippen LogP contribution is 2.29. The SMILES string of the molecule is N=[N+]=NCC(=O)N1CCC(c2nc(-c3cccs3)no2)CC1. The summed E-state index contributed by atoms with van der Waals surface area (Å²) in [5, 5.41) is 9.42. The molecule has 0 bridgehead atoms. The summed E-state index contributed by atoms with van der Waals surface area (Å²) in [6.07, 6.45) is 1.58. The van der Waals surface area contributed by atoms with Crippen LogP contribution in [0.25, 0.3) is 10.7 Å². The molecule has 114 valence electrons. The van der Waals surface area contributed by atoms with E-state index < -0.39 is 0 Å². The Kier molecular flexibility index (Phi) is 4.36. The first-order valence-corrected chi connectivity index (χ1v) is 7.84. The highest BCUT2D eigenvalue weighted by molar-refractivity contribution is 7.13. The van der Waals surface area contributed by atoms with Gasteiger partial charge in [-0.15, -0.1) is 11.3 Å². The van der Waals surface area contributed by atoms with Gasteiger partial charge in [-0.25, -0.2) is 0 Å². The van der Waals surface area contributed by atoms with Gasteiger partial charge in [0.15, 0.2) is 0 Å². The minimum atomic E-state index is -0.0979. The highest BCUT2D eigenvalue weighted by Gasteiger charge is 2.28. The van der Waals surface area contributed by atoms with Gasteiger partial charge in [-0.1, -0.05) is 11.2 Å². The first-order valence-electron chi connectivity index (χ1n) is 6.96. The smallest absolute Gasteiger partial charge is 0.251 e. The Balaban J connectivity index is 1.60. The van der Waals surface area contributed by atoms with E-state index in [-0.39, 0.29) is 18.4 Å². The van der Waals surface area contributed by atoms with Crippen molar-refractivity contribution in [2.75, 3.05) is 19.6 Å². The zero-order valence-corrected chi connectivity index (χ0v) is 12.6. The molecular formula is C13H15N6O2S+. The number of hydrogen-bond acceptors (Lipinski definition) is 7. The largest absolute Gasteiger partial charge is 0.341 e. The fourth-order valence-electron chi connectivity index (χ4n) is 2.48. The molecule has 0 aromatic carbocycles. The number of rotatable bonds is 4. The molecule has 1 saturated heterocycles. The number of thiophene rings is 1. The van der Waals surface area contributed by atoms with Gasteiger partial charge < -0.3 is 9.42 Å². The number of likely N-dealkylation sites (tertiary alicyclic amines) is 1. The minimum absolute atomic E-state index is 0.0583. The molecule has 3 rings (SSSR count). The van der Waals surface area contributed by atoms with Crippen LogP contribution in [0, 0.1) is 5.53 Å². The average Bonchev–Trinajstić information content (AvgIpc) is 3.23. The topological polar surface area (TPSA) is 110 Å². The molecule has 1 aliphatic heterocycles. The monoisotopic (exact) mass is 319 g/mol. The number of nitrogens with zero attached hydrogens (tertiary/aromatic N) is 5. The standard InChI is InChI=1S/C13H15N6O2S/c14-18-15-8-11(20)19-5-3-9(4-6-19)13-16-12(17-21-13)10-2-1-7-22-10/h1-2,7,9,14H,3-6,8H2/q+1. The Hall–Kier alpha value is -2.38. The Bertz CT molecular complexity index is 683. The molecule has 22 heavy (non-hydrogen) atoms. The van der Waals surface area contributed by atoms with Crippen LogP contribution in [0.2, 0.25) is 0 Å². The molecule has 2 aromatic rings. The van der Waals surface area contributed by atoms with Crippen molar-refractivity contribution in [2.24, 2.45) is 5.11 Å². The van der Waals surface area contributed by atoms with Gasteiger partial charge in [-0.3, -0.25) is 4.79 Å². The Morgan fingerprint density at radius 1 is 1.55 bits per heavy atom. The molecule has 0 atom stereocenters. The van der Waals surface area contributed by atoms with Crippen LogP contribution in [0.5, 0.6) is 0 Å². The van der Waals surface area contributed by atoms with E-state index in [0.717, 1.165) is 17.7 Å². The molecular weight excluding hydrogens is 304 g/mol. The highest BCUT2D eigenvalue weighted by atomic mass is 32.1. The molecule has 8 nitrogen and oxygen atoms in total. The fraction of sp³-hybridized carbons (Fsp3) is 0.462. The van der Waals surface area contributed by atoms with E-state index in [1.807, 2.05) is 17.5 Å². The summed E-state index contributed by atoms with van der Waals surface area (Å²) < 4.78 is 5.37. The number of nitrogens with one attached hydrogen (secondary N) is 1. The van der Waals surface area contributed by atoms with Gasteiger partial charge in [-0.2, -0.15) is 4.98 Å². The van der Waals surface area contributed by atoms with E-state index >= 15 is 0 Å². The van der Waals surface area contributed by atoms with Gasteiger partial charge in [0.25, 0.3) is 5.91 Å².